The molecule has 118 valence electrons. The molecule has 3 rings (SSSR count). The fourth-order valence-electron chi connectivity index (χ4n) is 3.32. The van der Waals surface area contributed by atoms with Gasteiger partial charge in [-0.2, -0.15) is 0 Å². The van der Waals surface area contributed by atoms with Crippen molar-refractivity contribution in [3.8, 4) is 0 Å². The van der Waals surface area contributed by atoms with Crippen LogP contribution in [0, 0.1) is 0 Å². The van der Waals surface area contributed by atoms with E-state index in [-0.39, 0.29) is 5.78 Å². The van der Waals surface area contributed by atoms with E-state index in [1.54, 1.807) is 6.92 Å². The van der Waals surface area contributed by atoms with E-state index >= 15 is 0 Å². The zero-order valence-corrected chi connectivity index (χ0v) is 14.1. The molecule has 0 N–H and O–H groups in total. The van der Waals surface area contributed by atoms with E-state index in [1.807, 2.05) is 0 Å². The van der Waals surface area contributed by atoms with E-state index in [1.165, 1.54) is 41.0 Å². The summed E-state index contributed by atoms with van der Waals surface area (Å²) >= 11 is 0. The summed E-state index contributed by atoms with van der Waals surface area (Å²) in [6, 6.07) is 17.1. The van der Waals surface area contributed by atoms with Crippen molar-refractivity contribution in [2.75, 3.05) is 0 Å². The van der Waals surface area contributed by atoms with Gasteiger partial charge >= 0.3 is 0 Å². The van der Waals surface area contributed by atoms with Gasteiger partial charge in [0.2, 0.25) is 0 Å². The standard InChI is InChI=1S/C22H24O/c1-3-4-5-6-11-19-14-20-12-17-9-7-8-10-18(17)13-21(20)15-22(19)16(2)23/h7-10,12-15H,3-6,11H2,1-2H3. The molecule has 0 unspecified atom stereocenters. The molecule has 0 bridgehead atoms. The zero-order valence-electron chi connectivity index (χ0n) is 14.1. The van der Waals surface area contributed by atoms with Gasteiger partial charge in [-0.1, -0.05) is 56.5 Å². The van der Waals surface area contributed by atoms with Gasteiger partial charge in [0.15, 0.2) is 5.78 Å². The van der Waals surface area contributed by atoms with Crippen molar-refractivity contribution in [2.24, 2.45) is 0 Å². The Morgan fingerprint density at radius 2 is 1.48 bits per heavy atom. The summed E-state index contributed by atoms with van der Waals surface area (Å²) < 4.78 is 0. The maximum Gasteiger partial charge on any atom is 0.160 e. The molecule has 0 aliphatic carbocycles. The molecular weight excluding hydrogens is 280 g/mol. The second-order valence-electron chi connectivity index (χ2n) is 6.42. The maximum atomic E-state index is 12.1. The van der Waals surface area contributed by atoms with Gasteiger partial charge in [-0.25, -0.2) is 0 Å². The Labute approximate surface area is 138 Å². The van der Waals surface area contributed by atoms with Gasteiger partial charge in [-0.15, -0.1) is 0 Å². The van der Waals surface area contributed by atoms with Crippen molar-refractivity contribution in [3.05, 3.63) is 59.7 Å². The third kappa shape index (κ3) is 3.44. The molecule has 1 nitrogen and oxygen atoms in total. The number of unbranched alkanes of at least 4 members (excludes halogenated alkanes) is 3. The smallest absolute Gasteiger partial charge is 0.160 e. The molecule has 0 aliphatic heterocycles. The summed E-state index contributed by atoms with van der Waals surface area (Å²) in [5.41, 5.74) is 2.10. The van der Waals surface area contributed by atoms with Gasteiger partial charge < -0.3 is 0 Å². The average molecular weight is 304 g/mol. The van der Waals surface area contributed by atoms with Gasteiger partial charge in [0.05, 0.1) is 0 Å². The summed E-state index contributed by atoms with van der Waals surface area (Å²) in [5.74, 6) is 0.172. The van der Waals surface area contributed by atoms with Gasteiger partial charge in [0.25, 0.3) is 0 Å². The molecule has 0 aliphatic rings. The SMILES string of the molecule is CCCCCCc1cc2cc3ccccc3cc2cc1C(C)=O. The number of hydrogen-bond acceptors (Lipinski definition) is 1. The summed E-state index contributed by atoms with van der Waals surface area (Å²) in [5, 5.41) is 4.88. The largest absolute Gasteiger partial charge is 0.295 e. The molecule has 23 heavy (non-hydrogen) atoms. The van der Waals surface area contributed by atoms with E-state index in [4.69, 9.17) is 0 Å². The molecule has 0 radical (unpaired) electrons. The van der Waals surface area contributed by atoms with Crippen molar-refractivity contribution in [2.45, 2.75) is 46.0 Å². The highest BCUT2D eigenvalue weighted by molar-refractivity contribution is 6.04. The predicted molar refractivity (Wildman–Crippen MR) is 99.3 cm³/mol. The Bertz CT molecular complexity index is 845. The highest BCUT2D eigenvalue weighted by Gasteiger charge is 2.10. The number of rotatable bonds is 6. The van der Waals surface area contributed by atoms with Crippen molar-refractivity contribution in [3.63, 3.8) is 0 Å². The molecule has 0 atom stereocenters. The van der Waals surface area contributed by atoms with Crippen LogP contribution in [0.25, 0.3) is 21.5 Å². The predicted octanol–water partition coefficient (Wildman–Crippen LogP) is 6.32. The van der Waals surface area contributed by atoms with Gasteiger partial charge in [-0.05, 0) is 65.1 Å². The van der Waals surface area contributed by atoms with Crippen molar-refractivity contribution in [1.82, 2.24) is 0 Å². The van der Waals surface area contributed by atoms with E-state index in [0.29, 0.717) is 0 Å². The number of carbonyl (C=O) groups excluding carboxylic acids is 1. The van der Waals surface area contributed by atoms with Crippen molar-refractivity contribution in [1.29, 1.82) is 0 Å². The quantitative estimate of drug-likeness (QED) is 0.296. The van der Waals surface area contributed by atoms with Crippen LogP contribution in [0.5, 0.6) is 0 Å². The molecule has 0 heterocycles. The van der Waals surface area contributed by atoms with Crippen LogP contribution in [0.4, 0.5) is 0 Å². The normalized spacial score (nSPS) is 11.2. The molecule has 1 heteroatoms. The van der Waals surface area contributed by atoms with E-state index in [2.05, 4.69) is 55.5 Å². The Morgan fingerprint density at radius 1 is 0.826 bits per heavy atom. The summed E-state index contributed by atoms with van der Waals surface area (Å²) in [6.07, 6.45) is 5.91. The Balaban J connectivity index is 2.04. The van der Waals surface area contributed by atoms with Crippen molar-refractivity contribution < 1.29 is 4.79 Å². The Morgan fingerprint density at radius 3 is 2.09 bits per heavy atom. The van der Waals surface area contributed by atoms with E-state index in [0.717, 1.165) is 23.8 Å². The van der Waals surface area contributed by atoms with Crippen molar-refractivity contribution >= 4 is 27.3 Å². The summed E-state index contributed by atoms with van der Waals surface area (Å²) in [6.45, 7) is 3.90. The Kier molecular flexibility index (Phi) is 4.76. The van der Waals surface area contributed by atoms with Gasteiger partial charge in [0.1, 0.15) is 0 Å². The third-order valence-electron chi connectivity index (χ3n) is 4.61. The number of aryl methyl sites for hydroxylation is 1. The number of carbonyl (C=O) groups is 1. The molecule has 0 aromatic heterocycles. The van der Waals surface area contributed by atoms with Gasteiger partial charge in [0, 0.05) is 5.56 Å². The highest BCUT2D eigenvalue weighted by Crippen LogP contribution is 2.27. The molecule has 0 amide bonds. The van der Waals surface area contributed by atoms with Gasteiger partial charge in [-0.3, -0.25) is 4.79 Å². The first-order valence-electron chi connectivity index (χ1n) is 8.65. The number of Topliss-reactive ketones (excluding diaryl/α,β-unsaturated/α-hetero) is 1. The number of benzene rings is 3. The fraction of sp³-hybridized carbons (Fsp3) is 0.318. The van der Waals surface area contributed by atoms with Crippen LogP contribution in [0.3, 0.4) is 0 Å². The first-order chi connectivity index (χ1) is 11.2. The maximum absolute atomic E-state index is 12.1. The summed E-state index contributed by atoms with van der Waals surface area (Å²) in [7, 11) is 0. The van der Waals surface area contributed by atoms with E-state index < -0.39 is 0 Å². The van der Waals surface area contributed by atoms with E-state index in [9.17, 15) is 4.79 Å². The first kappa shape index (κ1) is 15.7. The van der Waals surface area contributed by atoms with Crippen LogP contribution in [0.15, 0.2) is 48.5 Å². The van der Waals surface area contributed by atoms with Crippen LogP contribution >= 0.6 is 0 Å². The minimum Gasteiger partial charge on any atom is -0.295 e. The van der Waals surface area contributed by atoms with Crippen LogP contribution in [0.1, 0.15) is 55.5 Å². The number of hydrogen-bond donors (Lipinski definition) is 0. The molecule has 3 aromatic rings. The molecular formula is C22H24O. The van der Waals surface area contributed by atoms with Crippen LogP contribution in [0.2, 0.25) is 0 Å². The lowest BCUT2D eigenvalue weighted by Gasteiger charge is -2.11. The molecule has 0 saturated heterocycles. The topological polar surface area (TPSA) is 17.1 Å². The van der Waals surface area contributed by atoms with Crippen LogP contribution < -0.4 is 0 Å². The fourth-order valence-corrected chi connectivity index (χ4v) is 3.32. The summed E-state index contributed by atoms with van der Waals surface area (Å²) in [4.78, 5) is 12.1. The Hall–Kier alpha value is -2.15. The molecule has 0 fully saturated rings. The minimum atomic E-state index is 0.172. The minimum absolute atomic E-state index is 0.172. The molecule has 0 saturated carbocycles. The number of ketones is 1. The molecule has 3 aromatic carbocycles. The number of fused-ring (bicyclic) bond motifs is 2. The average Bonchev–Trinajstić information content (AvgIpc) is 2.56. The first-order valence-corrected chi connectivity index (χ1v) is 8.65. The zero-order chi connectivity index (χ0) is 16.2. The second-order valence-corrected chi connectivity index (χ2v) is 6.42. The third-order valence-corrected chi connectivity index (χ3v) is 4.61. The lowest BCUT2D eigenvalue weighted by Crippen LogP contribution is -2.00. The lowest BCUT2D eigenvalue weighted by atomic mass is 9.93. The molecule has 0 spiro atoms. The monoisotopic (exact) mass is 304 g/mol. The van der Waals surface area contributed by atoms with Crippen LogP contribution in [-0.4, -0.2) is 5.78 Å². The second kappa shape index (κ2) is 6.95. The van der Waals surface area contributed by atoms with Crippen LogP contribution in [-0.2, 0) is 6.42 Å². The lowest BCUT2D eigenvalue weighted by molar-refractivity contribution is 0.101. The highest BCUT2D eigenvalue weighted by atomic mass is 16.1.